The van der Waals surface area contributed by atoms with Crippen molar-refractivity contribution in [2.24, 2.45) is 11.3 Å². The maximum absolute atomic E-state index is 12.5. The highest BCUT2D eigenvalue weighted by Crippen LogP contribution is 2.58. The van der Waals surface area contributed by atoms with E-state index in [-0.39, 0.29) is 39.6 Å². The number of ketones is 1. The first-order valence-electron chi connectivity index (χ1n) is 7.46. The van der Waals surface area contributed by atoms with E-state index in [1.165, 1.54) is 6.07 Å². The number of benzene rings is 1. The number of aliphatic hydroxyl groups is 1. The Labute approximate surface area is 124 Å². The van der Waals surface area contributed by atoms with E-state index >= 15 is 0 Å². The zero-order chi connectivity index (χ0) is 15.6. The molecule has 1 aromatic rings. The molecule has 0 spiro atoms. The number of rotatable bonds is 0. The van der Waals surface area contributed by atoms with Crippen molar-refractivity contribution in [2.45, 2.75) is 51.6 Å². The third kappa shape index (κ3) is 1.75. The highest BCUT2D eigenvalue weighted by molar-refractivity contribution is 6.02. The van der Waals surface area contributed by atoms with Crippen molar-refractivity contribution in [1.82, 2.24) is 0 Å². The summed E-state index contributed by atoms with van der Waals surface area (Å²) in [5.41, 5.74) is 0.449. The fourth-order valence-corrected chi connectivity index (χ4v) is 4.47. The SMILES string of the molecule is CC1(C)[C@@H](O)CC[C@]2(C)c3ccc(O)c(O)c3C(=O)C[C@@H]12. The molecule has 0 unspecified atom stereocenters. The molecule has 4 nitrogen and oxygen atoms in total. The smallest absolute Gasteiger partial charge is 0.168 e. The van der Waals surface area contributed by atoms with Gasteiger partial charge in [0.15, 0.2) is 17.3 Å². The standard InChI is InChI=1S/C17H22O4/c1-16(2)12-8-11(19)14-9(4-5-10(18)15(14)21)17(12,3)7-6-13(16)20/h4-5,12-13,18,20-21H,6-8H2,1-3H3/t12-,13-,17+/m0/s1. The first-order chi connectivity index (χ1) is 9.69. The van der Waals surface area contributed by atoms with Crippen LogP contribution < -0.4 is 0 Å². The van der Waals surface area contributed by atoms with E-state index in [2.05, 4.69) is 6.92 Å². The normalized spacial score (nSPS) is 34.2. The van der Waals surface area contributed by atoms with Gasteiger partial charge in [0.2, 0.25) is 0 Å². The van der Waals surface area contributed by atoms with Crippen molar-refractivity contribution in [2.75, 3.05) is 0 Å². The van der Waals surface area contributed by atoms with Gasteiger partial charge in [-0.1, -0.05) is 26.8 Å². The molecule has 3 N–H and O–H groups in total. The van der Waals surface area contributed by atoms with Crippen LogP contribution in [0.1, 0.15) is 56.0 Å². The fraction of sp³-hybridized carbons (Fsp3) is 0.588. The first-order valence-corrected chi connectivity index (χ1v) is 7.46. The summed E-state index contributed by atoms with van der Waals surface area (Å²) in [5, 5.41) is 30.1. The Bertz CT molecular complexity index is 619. The van der Waals surface area contributed by atoms with E-state index in [9.17, 15) is 20.1 Å². The maximum atomic E-state index is 12.5. The van der Waals surface area contributed by atoms with Crippen LogP contribution in [0, 0.1) is 11.3 Å². The molecule has 0 saturated heterocycles. The third-order valence-electron chi connectivity index (χ3n) is 5.90. The van der Waals surface area contributed by atoms with E-state index in [0.29, 0.717) is 12.8 Å². The van der Waals surface area contributed by atoms with Crippen molar-refractivity contribution < 1.29 is 20.1 Å². The van der Waals surface area contributed by atoms with Gasteiger partial charge in [-0.25, -0.2) is 0 Å². The molecule has 2 aliphatic carbocycles. The molecular formula is C17H22O4. The minimum Gasteiger partial charge on any atom is -0.504 e. The molecule has 1 fully saturated rings. The van der Waals surface area contributed by atoms with E-state index in [4.69, 9.17) is 0 Å². The first kappa shape index (κ1) is 14.4. The van der Waals surface area contributed by atoms with Gasteiger partial charge in [0.05, 0.1) is 11.7 Å². The zero-order valence-electron chi connectivity index (χ0n) is 12.7. The van der Waals surface area contributed by atoms with E-state index in [1.807, 2.05) is 13.8 Å². The van der Waals surface area contributed by atoms with Gasteiger partial charge in [-0.05, 0) is 41.2 Å². The molecule has 0 heterocycles. The second-order valence-corrected chi connectivity index (χ2v) is 7.33. The number of carbonyl (C=O) groups is 1. The zero-order valence-corrected chi connectivity index (χ0v) is 12.7. The predicted molar refractivity (Wildman–Crippen MR) is 78.6 cm³/mol. The lowest BCUT2D eigenvalue weighted by atomic mass is 9.49. The van der Waals surface area contributed by atoms with Crippen LogP contribution >= 0.6 is 0 Å². The summed E-state index contributed by atoms with van der Waals surface area (Å²) in [6.45, 7) is 6.13. The molecule has 21 heavy (non-hydrogen) atoms. The Hall–Kier alpha value is -1.55. The van der Waals surface area contributed by atoms with Gasteiger partial charge in [0.1, 0.15) is 0 Å². The summed E-state index contributed by atoms with van der Waals surface area (Å²) in [7, 11) is 0. The van der Waals surface area contributed by atoms with Crippen LogP contribution in [0.5, 0.6) is 11.5 Å². The summed E-state index contributed by atoms with van der Waals surface area (Å²) >= 11 is 0. The number of aromatic hydroxyl groups is 2. The lowest BCUT2D eigenvalue weighted by molar-refractivity contribution is -0.0688. The molecule has 2 aliphatic rings. The van der Waals surface area contributed by atoms with Gasteiger partial charge in [0.25, 0.3) is 0 Å². The Morgan fingerprint density at radius 1 is 1.19 bits per heavy atom. The summed E-state index contributed by atoms with van der Waals surface area (Å²) in [6, 6.07) is 3.20. The van der Waals surface area contributed by atoms with Crippen LogP contribution in [0.15, 0.2) is 12.1 Å². The average molecular weight is 290 g/mol. The van der Waals surface area contributed by atoms with Crippen LogP contribution in [0.2, 0.25) is 0 Å². The third-order valence-corrected chi connectivity index (χ3v) is 5.90. The van der Waals surface area contributed by atoms with Crippen molar-refractivity contribution >= 4 is 5.78 Å². The minimum absolute atomic E-state index is 0.0256. The Morgan fingerprint density at radius 3 is 2.52 bits per heavy atom. The summed E-state index contributed by atoms with van der Waals surface area (Å²) in [4.78, 5) is 12.5. The van der Waals surface area contributed by atoms with Gasteiger partial charge in [-0.15, -0.1) is 0 Å². The quantitative estimate of drug-likeness (QED) is 0.642. The average Bonchev–Trinajstić information content (AvgIpc) is 2.41. The van der Waals surface area contributed by atoms with E-state index < -0.39 is 6.10 Å². The molecule has 114 valence electrons. The number of phenols is 2. The number of hydrogen-bond acceptors (Lipinski definition) is 4. The van der Waals surface area contributed by atoms with Gasteiger partial charge >= 0.3 is 0 Å². The number of phenolic OH excluding ortho intramolecular Hbond substituents is 2. The number of hydrogen-bond donors (Lipinski definition) is 3. The van der Waals surface area contributed by atoms with E-state index in [1.54, 1.807) is 6.07 Å². The molecule has 0 radical (unpaired) electrons. The number of fused-ring (bicyclic) bond motifs is 3. The number of Topliss-reactive ketones (excluding diaryl/α,β-unsaturated/α-hetero) is 1. The molecular weight excluding hydrogens is 268 g/mol. The molecule has 1 aromatic carbocycles. The summed E-state index contributed by atoms with van der Waals surface area (Å²) in [6.07, 6.45) is 1.32. The Balaban J connectivity index is 2.23. The highest BCUT2D eigenvalue weighted by Gasteiger charge is 2.55. The second-order valence-electron chi connectivity index (χ2n) is 7.33. The van der Waals surface area contributed by atoms with Gasteiger partial charge < -0.3 is 15.3 Å². The fourth-order valence-electron chi connectivity index (χ4n) is 4.47. The van der Waals surface area contributed by atoms with Crippen LogP contribution in [0.3, 0.4) is 0 Å². The highest BCUT2D eigenvalue weighted by atomic mass is 16.3. The van der Waals surface area contributed by atoms with Crippen LogP contribution in [-0.2, 0) is 5.41 Å². The molecule has 4 heteroatoms. The topological polar surface area (TPSA) is 77.8 Å². The number of carbonyl (C=O) groups excluding carboxylic acids is 1. The molecule has 3 atom stereocenters. The molecule has 3 rings (SSSR count). The number of aliphatic hydroxyl groups excluding tert-OH is 1. The predicted octanol–water partition coefficient (Wildman–Crippen LogP) is 2.74. The monoisotopic (exact) mass is 290 g/mol. The second kappa shape index (κ2) is 4.23. The molecule has 1 saturated carbocycles. The van der Waals surface area contributed by atoms with Gasteiger partial charge in [0, 0.05) is 6.42 Å². The summed E-state index contributed by atoms with van der Waals surface area (Å²) in [5.74, 6) is -0.680. The van der Waals surface area contributed by atoms with Crippen molar-refractivity contribution in [3.8, 4) is 11.5 Å². The lowest BCUT2D eigenvalue weighted by Gasteiger charge is -2.55. The molecule has 0 aromatic heterocycles. The van der Waals surface area contributed by atoms with Gasteiger partial charge in [-0.3, -0.25) is 4.79 Å². The van der Waals surface area contributed by atoms with Crippen molar-refractivity contribution in [1.29, 1.82) is 0 Å². The maximum Gasteiger partial charge on any atom is 0.168 e. The Morgan fingerprint density at radius 2 is 1.86 bits per heavy atom. The minimum atomic E-state index is -0.421. The Kier molecular flexibility index (Phi) is 2.90. The van der Waals surface area contributed by atoms with Crippen LogP contribution in [0.25, 0.3) is 0 Å². The molecule has 0 bridgehead atoms. The molecule has 0 amide bonds. The lowest BCUT2D eigenvalue weighted by Crippen LogP contribution is -2.54. The van der Waals surface area contributed by atoms with Crippen LogP contribution in [-0.4, -0.2) is 27.2 Å². The summed E-state index contributed by atoms with van der Waals surface area (Å²) < 4.78 is 0. The van der Waals surface area contributed by atoms with E-state index in [0.717, 1.165) is 12.0 Å². The van der Waals surface area contributed by atoms with Gasteiger partial charge in [-0.2, -0.15) is 0 Å². The molecule has 0 aliphatic heterocycles. The van der Waals surface area contributed by atoms with Crippen LogP contribution in [0.4, 0.5) is 0 Å². The van der Waals surface area contributed by atoms with Crippen molar-refractivity contribution in [3.05, 3.63) is 23.3 Å². The largest absolute Gasteiger partial charge is 0.504 e. The van der Waals surface area contributed by atoms with Crippen molar-refractivity contribution in [3.63, 3.8) is 0 Å².